The number of benzene rings is 2. The molecule has 1 atom stereocenters. The van der Waals surface area contributed by atoms with E-state index in [1.807, 2.05) is 0 Å². The maximum atomic E-state index is 12.8. The standard InChI is InChI=1S/C22H19ClF3N3O5/c1-12-3-2-4-13(7-12)20(32)28-29-10-14(8-19(29)31)21(33)34-11-18(30)27-17-9-15(22(24,25)26)5-6-16(17)23/h2-7,9,14H,8,10-11H2,1H3,(H,27,30)(H,28,32)/t14-/m1/s1. The number of hydrogen-bond acceptors (Lipinski definition) is 5. The summed E-state index contributed by atoms with van der Waals surface area (Å²) in [6.07, 6.45) is -4.87. The van der Waals surface area contributed by atoms with Gasteiger partial charge >= 0.3 is 12.1 Å². The molecular weight excluding hydrogens is 479 g/mol. The predicted molar refractivity (Wildman–Crippen MR) is 115 cm³/mol. The van der Waals surface area contributed by atoms with Gasteiger partial charge in [-0.1, -0.05) is 29.3 Å². The van der Waals surface area contributed by atoms with Gasteiger partial charge in [-0.2, -0.15) is 13.2 Å². The number of carbonyl (C=O) groups is 4. The van der Waals surface area contributed by atoms with Crippen molar-refractivity contribution in [2.24, 2.45) is 5.92 Å². The SMILES string of the molecule is Cc1cccc(C(=O)NN2C[C@H](C(=O)OCC(=O)Nc3cc(C(F)(F)F)ccc3Cl)CC2=O)c1. The second-order valence-electron chi connectivity index (χ2n) is 7.56. The van der Waals surface area contributed by atoms with Gasteiger partial charge in [0.15, 0.2) is 6.61 Å². The minimum absolute atomic E-state index is 0.131. The summed E-state index contributed by atoms with van der Waals surface area (Å²) in [5.74, 6) is -3.75. The predicted octanol–water partition coefficient (Wildman–Crippen LogP) is 3.34. The first-order valence-electron chi connectivity index (χ1n) is 9.95. The smallest absolute Gasteiger partial charge is 0.416 e. The molecule has 2 N–H and O–H groups in total. The molecule has 3 amide bonds. The lowest BCUT2D eigenvalue weighted by Crippen LogP contribution is -2.43. The molecule has 180 valence electrons. The van der Waals surface area contributed by atoms with Crippen molar-refractivity contribution in [2.45, 2.75) is 19.5 Å². The number of alkyl halides is 3. The number of aryl methyl sites for hydroxylation is 1. The number of hydrazine groups is 1. The summed E-state index contributed by atoms with van der Waals surface area (Å²) < 4.78 is 43.4. The van der Waals surface area contributed by atoms with Crippen LogP contribution in [0.25, 0.3) is 0 Å². The highest BCUT2D eigenvalue weighted by Crippen LogP contribution is 2.33. The van der Waals surface area contributed by atoms with Crippen LogP contribution in [0.2, 0.25) is 5.02 Å². The van der Waals surface area contributed by atoms with Crippen LogP contribution in [-0.4, -0.2) is 41.9 Å². The molecule has 0 radical (unpaired) electrons. The number of halogens is 4. The molecule has 2 aromatic carbocycles. The lowest BCUT2D eigenvalue weighted by atomic mass is 10.1. The Bertz CT molecular complexity index is 1140. The van der Waals surface area contributed by atoms with Crippen molar-refractivity contribution in [1.29, 1.82) is 0 Å². The Morgan fingerprint density at radius 2 is 1.91 bits per heavy atom. The Morgan fingerprint density at radius 3 is 2.59 bits per heavy atom. The van der Waals surface area contributed by atoms with E-state index in [1.54, 1.807) is 31.2 Å². The molecule has 3 rings (SSSR count). The minimum atomic E-state index is -4.63. The molecule has 1 heterocycles. The Hall–Kier alpha value is -3.60. The zero-order valence-corrected chi connectivity index (χ0v) is 18.5. The summed E-state index contributed by atoms with van der Waals surface area (Å²) in [7, 11) is 0. The van der Waals surface area contributed by atoms with E-state index < -0.39 is 48.0 Å². The molecule has 2 aromatic rings. The largest absolute Gasteiger partial charge is 0.455 e. The van der Waals surface area contributed by atoms with Crippen molar-refractivity contribution in [3.05, 3.63) is 64.2 Å². The zero-order chi connectivity index (χ0) is 25.0. The Labute approximate surface area is 197 Å². The van der Waals surface area contributed by atoms with Gasteiger partial charge in [-0.05, 0) is 37.3 Å². The number of carbonyl (C=O) groups excluding carboxylic acids is 4. The molecule has 0 bridgehead atoms. The van der Waals surface area contributed by atoms with Crippen LogP contribution in [0.15, 0.2) is 42.5 Å². The van der Waals surface area contributed by atoms with Gasteiger partial charge < -0.3 is 10.1 Å². The van der Waals surface area contributed by atoms with Crippen LogP contribution in [0.1, 0.15) is 27.9 Å². The van der Waals surface area contributed by atoms with E-state index in [0.29, 0.717) is 11.6 Å². The molecule has 1 aliphatic rings. The zero-order valence-electron chi connectivity index (χ0n) is 17.7. The van der Waals surface area contributed by atoms with Gasteiger partial charge in [0.05, 0.1) is 28.7 Å². The van der Waals surface area contributed by atoms with Gasteiger partial charge in [0.25, 0.3) is 11.8 Å². The van der Waals surface area contributed by atoms with Crippen molar-refractivity contribution in [1.82, 2.24) is 10.4 Å². The third kappa shape index (κ3) is 6.25. The highest BCUT2D eigenvalue weighted by molar-refractivity contribution is 6.33. The lowest BCUT2D eigenvalue weighted by Gasteiger charge is -2.17. The molecule has 12 heteroatoms. The monoisotopic (exact) mass is 497 g/mol. The second-order valence-corrected chi connectivity index (χ2v) is 7.97. The number of esters is 1. The number of ether oxygens (including phenoxy) is 1. The van der Waals surface area contributed by atoms with E-state index in [9.17, 15) is 32.3 Å². The van der Waals surface area contributed by atoms with Crippen LogP contribution < -0.4 is 10.7 Å². The Kier molecular flexibility index (Phi) is 7.45. The van der Waals surface area contributed by atoms with Crippen molar-refractivity contribution in [3.63, 3.8) is 0 Å². The van der Waals surface area contributed by atoms with Crippen molar-refractivity contribution in [2.75, 3.05) is 18.5 Å². The fraction of sp³-hybridized carbons (Fsp3) is 0.273. The van der Waals surface area contributed by atoms with Gasteiger partial charge in [-0.15, -0.1) is 0 Å². The van der Waals surface area contributed by atoms with Crippen molar-refractivity contribution >= 4 is 41.0 Å². The van der Waals surface area contributed by atoms with E-state index in [4.69, 9.17) is 16.3 Å². The van der Waals surface area contributed by atoms with Gasteiger partial charge in [-0.3, -0.25) is 29.6 Å². The summed E-state index contributed by atoms with van der Waals surface area (Å²) in [5.41, 5.74) is 2.31. The first-order chi connectivity index (χ1) is 15.9. The van der Waals surface area contributed by atoms with E-state index >= 15 is 0 Å². The average molecular weight is 498 g/mol. The number of anilines is 1. The van der Waals surface area contributed by atoms with Crippen molar-refractivity contribution < 1.29 is 37.1 Å². The fourth-order valence-electron chi connectivity index (χ4n) is 3.19. The minimum Gasteiger partial charge on any atom is -0.455 e. The van der Waals surface area contributed by atoms with Crippen LogP contribution in [0.4, 0.5) is 18.9 Å². The molecule has 0 unspecified atom stereocenters. The molecule has 0 saturated carbocycles. The summed E-state index contributed by atoms with van der Waals surface area (Å²) in [5, 5.41) is 3.02. The summed E-state index contributed by atoms with van der Waals surface area (Å²) >= 11 is 5.82. The summed E-state index contributed by atoms with van der Waals surface area (Å²) in [4.78, 5) is 48.8. The number of amides is 3. The second kappa shape index (κ2) is 10.1. The van der Waals surface area contributed by atoms with E-state index in [-0.39, 0.29) is 23.7 Å². The van der Waals surface area contributed by atoms with Crippen LogP contribution in [-0.2, 0) is 25.3 Å². The quantitative estimate of drug-likeness (QED) is 0.596. The first-order valence-corrected chi connectivity index (χ1v) is 10.3. The molecule has 34 heavy (non-hydrogen) atoms. The van der Waals surface area contributed by atoms with Crippen LogP contribution >= 0.6 is 11.6 Å². The normalized spacial score (nSPS) is 15.7. The maximum Gasteiger partial charge on any atom is 0.416 e. The first kappa shape index (κ1) is 25.0. The van der Waals surface area contributed by atoms with Gasteiger partial charge in [0.2, 0.25) is 5.91 Å². The average Bonchev–Trinajstić information content (AvgIpc) is 3.13. The lowest BCUT2D eigenvalue weighted by molar-refractivity contribution is -0.151. The third-order valence-corrected chi connectivity index (χ3v) is 5.22. The van der Waals surface area contributed by atoms with Gasteiger partial charge in [0.1, 0.15) is 0 Å². The number of rotatable bonds is 6. The summed E-state index contributed by atoms with van der Waals surface area (Å²) in [6, 6.07) is 9.11. The van der Waals surface area contributed by atoms with Gasteiger partial charge in [-0.25, -0.2) is 0 Å². The number of nitrogens with zero attached hydrogens (tertiary/aromatic N) is 1. The third-order valence-electron chi connectivity index (χ3n) is 4.89. The molecule has 0 spiro atoms. The Morgan fingerprint density at radius 1 is 1.18 bits per heavy atom. The van der Waals surface area contributed by atoms with E-state index in [2.05, 4.69) is 10.7 Å². The summed E-state index contributed by atoms with van der Waals surface area (Å²) in [6.45, 7) is 0.850. The topological polar surface area (TPSA) is 105 Å². The van der Waals surface area contributed by atoms with Gasteiger partial charge in [0, 0.05) is 12.0 Å². The molecule has 1 saturated heterocycles. The van der Waals surface area contributed by atoms with Crippen LogP contribution in [0.3, 0.4) is 0 Å². The Balaban J connectivity index is 1.52. The highest BCUT2D eigenvalue weighted by atomic mass is 35.5. The molecular formula is C22H19ClF3N3O5. The van der Waals surface area contributed by atoms with Crippen LogP contribution in [0, 0.1) is 12.8 Å². The maximum absolute atomic E-state index is 12.8. The fourth-order valence-corrected chi connectivity index (χ4v) is 3.35. The molecule has 0 aromatic heterocycles. The highest BCUT2D eigenvalue weighted by Gasteiger charge is 2.37. The number of nitrogens with one attached hydrogen (secondary N) is 2. The van der Waals surface area contributed by atoms with Crippen molar-refractivity contribution in [3.8, 4) is 0 Å². The molecule has 8 nitrogen and oxygen atoms in total. The molecule has 1 aliphatic heterocycles. The van der Waals surface area contributed by atoms with E-state index in [0.717, 1.165) is 22.7 Å². The van der Waals surface area contributed by atoms with E-state index in [1.165, 1.54) is 0 Å². The van der Waals surface area contributed by atoms with Crippen LogP contribution in [0.5, 0.6) is 0 Å². The number of hydrogen-bond donors (Lipinski definition) is 2. The molecule has 1 fully saturated rings. The molecule has 0 aliphatic carbocycles.